The van der Waals surface area contributed by atoms with Gasteiger partial charge in [-0.2, -0.15) is 0 Å². The highest BCUT2D eigenvalue weighted by molar-refractivity contribution is 5.89. The number of fused-ring (bicyclic) bond motifs is 7. The number of aromatic carboxylic acids is 1. The Morgan fingerprint density at radius 2 is 2.14 bits per heavy atom. The number of benzene rings is 2. The lowest BCUT2D eigenvalue weighted by molar-refractivity contribution is -0.123. The van der Waals surface area contributed by atoms with Gasteiger partial charge in [-0.15, -0.1) is 0 Å². The van der Waals surface area contributed by atoms with Crippen molar-refractivity contribution < 1.29 is 24.2 Å². The number of methoxy groups -OCH3 is 1. The molecule has 1 aliphatic rings. The third-order valence-electron chi connectivity index (χ3n) is 4.41. The lowest BCUT2D eigenvalue weighted by Gasteiger charge is -2.13. The molecule has 1 amide bonds. The fourth-order valence-corrected chi connectivity index (χ4v) is 3.09. The molecule has 2 aromatic carbocycles. The van der Waals surface area contributed by atoms with Crippen LogP contribution in [0.25, 0.3) is 17.1 Å². The van der Waals surface area contributed by atoms with Crippen LogP contribution in [0.4, 0.5) is 0 Å². The average Bonchev–Trinajstić information content (AvgIpc) is 3.19. The van der Waals surface area contributed by atoms with E-state index >= 15 is 0 Å². The van der Waals surface area contributed by atoms with Crippen molar-refractivity contribution in [2.24, 2.45) is 0 Å². The molecule has 0 saturated carbocycles. The Balaban J connectivity index is 1.92. The number of nitrogens with zero attached hydrogens (tertiary/aromatic N) is 2. The minimum absolute atomic E-state index is 0.128. The minimum atomic E-state index is -1.05. The van der Waals surface area contributed by atoms with Crippen LogP contribution in [-0.4, -0.2) is 40.3 Å². The molecule has 8 nitrogen and oxygen atoms in total. The first-order chi connectivity index (χ1) is 13.5. The second-order valence-corrected chi connectivity index (χ2v) is 6.25. The van der Waals surface area contributed by atoms with E-state index in [0.29, 0.717) is 28.6 Å². The molecule has 28 heavy (non-hydrogen) atoms. The molecule has 0 saturated heterocycles. The number of carbonyl (C=O) groups excluding carboxylic acids is 1. The van der Waals surface area contributed by atoms with E-state index in [1.165, 1.54) is 13.2 Å². The number of amides is 1. The summed E-state index contributed by atoms with van der Waals surface area (Å²) in [5, 5.41) is 12.2. The van der Waals surface area contributed by atoms with Crippen molar-refractivity contribution in [3.63, 3.8) is 0 Å². The second kappa shape index (κ2) is 7.07. The fourth-order valence-electron chi connectivity index (χ4n) is 3.09. The first-order valence-electron chi connectivity index (χ1n) is 8.54. The van der Waals surface area contributed by atoms with Gasteiger partial charge in [0.2, 0.25) is 0 Å². The predicted octanol–water partition coefficient (Wildman–Crippen LogP) is 2.25. The van der Waals surface area contributed by atoms with Gasteiger partial charge in [0.15, 0.2) is 18.1 Å². The summed E-state index contributed by atoms with van der Waals surface area (Å²) >= 11 is 0. The third kappa shape index (κ3) is 3.27. The number of carboxylic acids is 1. The van der Waals surface area contributed by atoms with E-state index in [9.17, 15) is 14.7 Å². The van der Waals surface area contributed by atoms with Crippen LogP contribution in [0, 0.1) is 0 Å². The Kier molecular flexibility index (Phi) is 4.44. The molecular weight excluding hydrogens is 362 g/mol. The van der Waals surface area contributed by atoms with Crippen LogP contribution >= 0.6 is 0 Å². The summed E-state index contributed by atoms with van der Waals surface area (Å²) in [7, 11) is 1.52. The zero-order valence-electron chi connectivity index (χ0n) is 15.0. The maximum atomic E-state index is 12.2. The molecule has 1 aromatic heterocycles. The van der Waals surface area contributed by atoms with Crippen LogP contribution in [0.15, 0.2) is 48.8 Å². The maximum absolute atomic E-state index is 12.2. The highest BCUT2D eigenvalue weighted by atomic mass is 16.5. The summed E-state index contributed by atoms with van der Waals surface area (Å²) in [4.78, 5) is 28.1. The van der Waals surface area contributed by atoms with E-state index in [4.69, 9.17) is 9.47 Å². The first kappa shape index (κ1) is 17.6. The summed E-state index contributed by atoms with van der Waals surface area (Å²) in [5.74, 6) is 0.154. The molecule has 4 bridgehead atoms. The number of nitrogens with one attached hydrogen (secondary N) is 1. The van der Waals surface area contributed by atoms with Crippen LogP contribution in [-0.2, 0) is 11.3 Å². The van der Waals surface area contributed by atoms with Gasteiger partial charge < -0.3 is 19.9 Å². The van der Waals surface area contributed by atoms with Gasteiger partial charge in [0, 0.05) is 30.2 Å². The van der Waals surface area contributed by atoms with Crippen molar-refractivity contribution in [3.8, 4) is 28.6 Å². The van der Waals surface area contributed by atoms with Crippen LogP contribution in [0.3, 0.4) is 0 Å². The Bertz CT molecular complexity index is 1070. The topological polar surface area (TPSA) is 103 Å². The molecule has 2 heterocycles. The molecule has 0 radical (unpaired) electrons. The molecule has 0 fully saturated rings. The lowest BCUT2D eigenvalue weighted by atomic mass is 10.1. The monoisotopic (exact) mass is 379 g/mol. The van der Waals surface area contributed by atoms with E-state index in [-0.39, 0.29) is 24.6 Å². The third-order valence-corrected chi connectivity index (χ3v) is 4.41. The number of imidazole rings is 1. The second-order valence-electron chi connectivity index (χ2n) is 6.25. The first-order valence-corrected chi connectivity index (χ1v) is 8.54. The fraction of sp³-hybridized carbons (Fsp3) is 0.150. The van der Waals surface area contributed by atoms with Crippen molar-refractivity contribution >= 4 is 11.9 Å². The number of rotatable bonds is 2. The maximum Gasteiger partial charge on any atom is 0.335 e. The van der Waals surface area contributed by atoms with Crippen molar-refractivity contribution in [2.75, 3.05) is 13.7 Å². The average molecular weight is 379 g/mol. The van der Waals surface area contributed by atoms with Gasteiger partial charge in [-0.3, -0.25) is 9.36 Å². The molecule has 0 atom stereocenters. The van der Waals surface area contributed by atoms with Crippen molar-refractivity contribution in [1.82, 2.24) is 14.9 Å². The quantitative estimate of drug-likeness (QED) is 0.708. The van der Waals surface area contributed by atoms with Crippen molar-refractivity contribution in [1.29, 1.82) is 0 Å². The van der Waals surface area contributed by atoms with Gasteiger partial charge in [-0.05, 0) is 42.0 Å². The summed E-state index contributed by atoms with van der Waals surface area (Å²) in [6, 6.07) is 10.2. The molecule has 4 rings (SSSR count). The molecule has 142 valence electrons. The van der Waals surface area contributed by atoms with Gasteiger partial charge in [0.25, 0.3) is 5.91 Å². The zero-order valence-corrected chi connectivity index (χ0v) is 15.0. The highest BCUT2D eigenvalue weighted by Gasteiger charge is 2.16. The largest absolute Gasteiger partial charge is 0.493 e. The number of ether oxygens (including phenoxy) is 2. The molecule has 8 heteroatoms. The summed E-state index contributed by atoms with van der Waals surface area (Å²) in [6.07, 6.45) is 3.39. The van der Waals surface area contributed by atoms with Gasteiger partial charge in [-0.1, -0.05) is 0 Å². The Morgan fingerprint density at radius 3 is 2.93 bits per heavy atom. The van der Waals surface area contributed by atoms with Crippen molar-refractivity contribution in [2.45, 2.75) is 6.54 Å². The Morgan fingerprint density at radius 1 is 1.29 bits per heavy atom. The predicted molar refractivity (Wildman–Crippen MR) is 99.9 cm³/mol. The van der Waals surface area contributed by atoms with Gasteiger partial charge in [0.1, 0.15) is 5.82 Å². The van der Waals surface area contributed by atoms with E-state index in [1.54, 1.807) is 35.2 Å². The van der Waals surface area contributed by atoms with Gasteiger partial charge in [-0.25, -0.2) is 9.78 Å². The highest BCUT2D eigenvalue weighted by Crippen LogP contribution is 2.33. The van der Waals surface area contributed by atoms with Gasteiger partial charge >= 0.3 is 5.97 Å². The van der Waals surface area contributed by atoms with Crippen LogP contribution in [0.2, 0.25) is 0 Å². The molecule has 2 N–H and O–H groups in total. The molecule has 0 unspecified atom stereocenters. The molecular formula is C20H17N3O5. The molecule has 0 aliphatic carbocycles. The number of carbonyl (C=O) groups is 2. The van der Waals surface area contributed by atoms with Crippen LogP contribution < -0.4 is 14.8 Å². The number of hydrogen-bond acceptors (Lipinski definition) is 5. The van der Waals surface area contributed by atoms with Crippen LogP contribution in [0.1, 0.15) is 15.9 Å². The normalized spacial score (nSPS) is 13.1. The lowest BCUT2D eigenvalue weighted by Crippen LogP contribution is -2.28. The minimum Gasteiger partial charge on any atom is -0.493 e. The number of aromatic nitrogens is 2. The van der Waals surface area contributed by atoms with E-state index in [1.807, 2.05) is 12.1 Å². The van der Waals surface area contributed by atoms with E-state index in [2.05, 4.69) is 10.3 Å². The molecule has 1 aliphatic heterocycles. The van der Waals surface area contributed by atoms with Gasteiger partial charge in [0.05, 0.1) is 12.7 Å². The van der Waals surface area contributed by atoms with Crippen molar-refractivity contribution in [3.05, 3.63) is 59.9 Å². The standard InChI is InChI=1S/C20H17N3O5/c1-27-16-3-2-13-9-17(16)28-11-18(24)22-10-12-6-14(20(25)26)8-15(7-12)23-5-4-21-19(13)23/h2-9H,10-11H2,1H3,(H,22,24)(H,25,26). The summed E-state index contributed by atoms with van der Waals surface area (Å²) in [6.45, 7) is -0.0191. The molecule has 0 spiro atoms. The van der Waals surface area contributed by atoms with E-state index < -0.39 is 5.97 Å². The zero-order chi connectivity index (χ0) is 19.7. The Labute approximate surface area is 160 Å². The number of hydrogen-bond donors (Lipinski definition) is 2. The smallest absolute Gasteiger partial charge is 0.335 e. The van der Waals surface area contributed by atoms with Crippen LogP contribution in [0.5, 0.6) is 11.5 Å². The van der Waals surface area contributed by atoms with E-state index in [0.717, 1.165) is 5.56 Å². The SMILES string of the molecule is COc1ccc2cc1OCC(=O)NCc1cc(C(=O)O)cc(c1)-n1ccnc1-2. The Hall–Kier alpha value is -3.81. The number of carboxylic acid groups (broad SMARTS) is 1. The molecule has 3 aromatic rings. The summed E-state index contributed by atoms with van der Waals surface area (Å²) < 4.78 is 12.7. The summed E-state index contributed by atoms with van der Waals surface area (Å²) in [5.41, 5.74) is 2.16.